The number of hydrogen-bond donors (Lipinski definition) is 2. The predicted octanol–water partition coefficient (Wildman–Crippen LogP) is 1.79. The van der Waals surface area contributed by atoms with Gasteiger partial charge >= 0.3 is 6.03 Å². The molecule has 23 heavy (non-hydrogen) atoms. The van der Waals surface area contributed by atoms with E-state index < -0.39 is 0 Å². The number of nitrogens with one attached hydrogen (secondary N) is 1. The maximum Gasteiger partial charge on any atom is 0.317 e. The van der Waals surface area contributed by atoms with Crippen molar-refractivity contribution in [1.29, 1.82) is 0 Å². The van der Waals surface area contributed by atoms with Crippen LogP contribution in [0.25, 0.3) is 0 Å². The molecule has 0 bridgehead atoms. The van der Waals surface area contributed by atoms with Gasteiger partial charge in [-0.05, 0) is 25.5 Å². The molecule has 5 nitrogen and oxygen atoms in total. The van der Waals surface area contributed by atoms with Crippen molar-refractivity contribution in [1.82, 2.24) is 15.1 Å². The van der Waals surface area contributed by atoms with E-state index in [-0.39, 0.29) is 17.2 Å². The molecule has 1 aliphatic rings. The summed E-state index contributed by atoms with van der Waals surface area (Å²) in [7, 11) is 2.06. The third-order valence-electron chi connectivity index (χ3n) is 4.15. The van der Waals surface area contributed by atoms with E-state index in [1.807, 2.05) is 35.2 Å². The van der Waals surface area contributed by atoms with Crippen LogP contribution in [0.3, 0.4) is 0 Å². The fourth-order valence-corrected chi connectivity index (χ4v) is 2.83. The number of carbonyl (C=O) groups is 2. The van der Waals surface area contributed by atoms with Crippen molar-refractivity contribution in [3.8, 4) is 0 Å². The molecule has 1 aromatic rings. The van der Waals surface area contributed by atoms with Gasteiger partial charge in [0.25, 0.3) is 0 Å². The lowest BCUT2D eigenvalue weighted by molar-refractivity contribution is -0.111. The average molecular weight is 335 g/mol. The summed E-state index contributed by atoms with van der Waals surface area (Å²) in [6.07, 6.45) is 1.70. The molecule has 0 aromatic heterocycles. The zero-order valence-corrected chi connectivity index (χ0v) is 14.5. The van der Waals surface area contributed by atoms with Crippen molar-refractivity contribution >= 4 is 23.8 Å². The van der Waals surface area contributed by atoms with E-state index in [0.29, 0.717) is 12.8 Å². The third kappa shape index (κ3) is 6.23. The maximum absolute atomic E-state index is 12.4. The Balaban J connectivity index is 1.93. The molecule has 0 spiro atoms. The van der Waals surface area contributed by atoms with Gasteiger partial charge < -0.3 is 15.1 Å². The van der Waals surface area contributed by atoms with Crippen molar-refractivity contribution in [2.75, 3.05) is 33.2 Å². The smallest absolute Gasteiger partial charge is 0.317 e. The van der Waals surface area contributed by atoms with Gasteiger partial charge in [-0.25, -0.2) is 4.79 Å². The molecule has 1 atom stereocenters. The second-order valence-corrected chi connectivity index (χ2v) is 6.56. The van der Waals surface area contributed by atoms with Crippen LogP contribution in [0.5, 0.6) is 0 Å². The Bertz CT molecular complexity index is 516. The van der Waals surface area contributed by atoms with E-state index in [1.54, 1.807) is 0 Å². The number of urea groups is 1. The molecule has 1 saturated heterocycles. The summed E-state index contributed by atoms with van der Waals surface area (Å²) in [4.78, 5) is 27.7. The first-order valence-electron chi connectivity index (χ1n) is 8.04. The third-order valence-corrected chi connectivity index (χ3v) is 4.37. The Morgan fingerprint density at radius 2 is 1.83 bits per heavy atom. The lowest BCUT2D eigenvalue weighted by atomic mass is 10.0. The summed E-state index contributed by atoms with van der Waals surface area (Å²) < 4.78 is 0. The highest BCUT2D eigenvalue weighted by molar-refractivity contribution is 7.96. The molecule has 6 heteroatoms. The van der Waals surface area contributed by atoms with Crippen molar-refractivity contribution in [2.24, 2.45) is 0 Å². The first-order valence-corrected chi connectivity index (χ1v) is 8.49. The molecule has 1 unspecified atom stereocenters. The van der Waals surface area contributed by atoms with Crippen LogP contribution < -0.4 is 5.32 Å². The van der Waals surface area contributed by atoms with Crippen LogP contribution in [0.1, 0.15) is 18.4 Å². The Morgan fingerprint density at radius 3 is 2.43 bits per heavy atom. The highest BCUT2D eigenvalue weighted by Gasteiger charge is 2.22. The molecular weight excluding hydrogens is 310 g/mol. The summed E-state index contributed by atoms with van der Waals surface area (Å²) in [5.41, 5.74) is 1.16. The summed E-state index contributed by atoms with van der Waals surface area (Å²) >= 11 is 3.83. The molecule has 0 saturated carbocycles. The van der Waals surface area contributed by atoms with E-state index in [9.17, 15) is 9.59 Å². The minimum Gasteiger partial charge on any atom is -0.335 e. The second kappa shape index (κ2) is 8.93. The van der Waals surface area contributed by atoms with Crippen LogP contribution in [0.2, 0.25) is 0 Å². The fraction of sp³-hybridized carbons (Fsp3) is 0.529. The molecule has 126 valence electrons. The van der Waals surface area contributed by atoms with Crippen LogP contribution in [0.4, 0.5) is 4.79 Å². The zero-order chi connectivity index (χ0) is 16.7. The number of carbonyl (C=O) groups excluding carboxylic acids is 2. The normalized spacial score (nSPS) is 16.9. The summed E-state index contributed by atoms with van der Waals surface area (Å²) in [5.74, 6) is 0. The van der Waals surface area contributed by atoms with Gasteiger partial charge in [-0.1, -0.05) is 30.3 Å². The Morgan fingerprint density at radius 1 is 1.17 bits per heavy atom. The van der Waals surface area contributed by atoms with E-state index in [0.717, 1.165) is 38.2 Å². The SMILES string of the molecule is CN1CCN(C(=O)NC(CCC(=O)S)Cc2ccccc2)CC1. The maximum atomic E-state index is 12.4. The lowest BCUT2D eigenvalue weighted by Crippen LogP contribution is -2.52. The predicted molar refractivity (Wildman–Crippen MR) is 94.8 cm³/mol. The van der Waals surface area contributed by atoms with Crippen molar-refractivity contribution in [3.05, 3.63) is 35.9 Å². The fourth-order valence-electron chi connectivity index (χ4n) is 2.70. The molecule has 1 N–H and O–H groups in total. The van der Waals surface area contributed by atoms with Crippen LogP contribution in [-0.4, -0.2) is 60.2 Å². The molecule has 1 fully saturated rings. The van der Waals surface area contributed by atoms with E-state index in [2.05, 4.69) is 29.9 Å². The zero-order valence-electron chi connectivity index (χ0n) is 13.6. The summed E-state index contributed by atoms with van der Waals surface area (Å²) in [5, 5.41) is 2.95. The molecule has 1 aromatic carbocycles. The minimum atomic E-state index is -0.142. The van der Waals surface area contributed by atoms with Crippen LogP contribution in [0.15, 0.2) is 30.3 Å². The number of rotatable bonds is 6. The van der Waals surface area contributed by atoms with Gasteiger partial charge in [-0.2, -0.15) is 0 Å². The van der Waals surface area contributed by atoms with Crippen molar-refractivity contribution in [3.63, 3.8) is 0 Å². The summed E-state index contributed by atoms with van der Waals surface area (Å²) in [6, 6.07) is 9.93. The molecule has 2 rings (SSSR count). The number of amides is 2. The molecule has 0 radical (unpaired) electrons. The number of thiol groups is 1. The van der Waals surface area contributed by atoms with Gasteiger partial charge in [0, 0.05) is 38.6 Å². The van der Waals surface area contributed by atoms with Crippen molar-refractivity contribution in [2.45, 2.75) is 25.3 Å². The van der Waals surface area contributed by atoms with Gasteiger partial charge in [0.15, 0.2) is 5.12 Å². The molecule has 0 aliphatic carbocycles. The van der Waals surface area contributed by atoms with E-state index >= 15 is 0 Å². The van der Waals surface area contributed by atoms with Gasteiger partial charge in [0.05, 0.1) is 0 Å². The molecular formula is C17H25N3O2S. The number of likely N-dealkylation sites (N-methyl/N-ethyl adjacent to an activating group) is 1. The molecule has 1 aliphatic heterocycles. The van der Waals surface area contributed by atoms with E-state index in [1.165, 1.54) is 0 Å². The number of nitrogens with zero attached hydrogens (tertiary/aromatic N) is 2. The minimum absolute atomic E-state index is 0.0364. The largest absolute Gasteiger partial charge is 0.335 e. The topological polar surface area (TPSA) is 52.6 Å². The Kier molecular flexibility index (Phi) is 6.92. The van der Waals surface area contributed by atoms with Crippen molar-refractivity contribution < 1.29 is 9.59 Å². The molecule has 2 amide bonds. The monoisotopic (exact) mass is 335 g/mol. The van der Waals surface area contributed by atoms with Gasteiger partial charge in [0.2, 0.25) is 0 Å². The first kappa shape index (κ1) is 17.8. The Labute approximate surface area is 143 Å². The lowest BCUT2D eigenvalue weighted by Gasteiger charge is -2.33. The van der Waals surface area contributed by atoms with Gasteiger partial charge in [-0.3, -0.25) is 4.79 Å². The highest BCUT2D eigenvalue weighted by atomic mass is 32.1. The second-order valence-electron chi connectivity index (χ2n) is 6.06. The number of piperazine rings is 1. The van der Waals surface area contributed by atoms with Gasteiger partial charge in [-0.15, -0.1) is 12.6 Å². The highest BCUT2D eigenvalue weighted by Crippen LogP contribution is 2.10. The molecule has 1 heterocycles. The number of hydrogen-bond acceptors (Lipinski definition) is 3. The average Bonchev–Trinajstić information content (AvgIpc) is 2.54. The van der Waals surface area contributed by atoms with Crippen LogP contribution in [-0.2, 0) is 11.2 Å². The quantitative estimate of drug-likeness (QED) is 0.780. The van der Waals surface area contributed by atoms with E-state index in [4.69, 9.17) is 0 Å². The standard InChI is InChI=1S/C17H25N3O2S/c1-19-9-11-20(12-10-19)17(22)18-15(7-8-16(21)23)13-14-5-3-2-4-6-14/h2-6,15H,7-13H2,1H3,(H,18,22)(H,21,23). The first-order chi connectivity index (χ1) is 11.0. The number of benzene rings is 1. The summed E-state index contributed by atoms with van der Waals surface area (Å²) in [6.45, 7) is 3.27. The van der Waals surface area contributed by atoms with Crippen LogP contribution >= 0.6 is 12.6 Å². The van der Waals surface area contributed by atoms with Crippen LogP contribution in [0, 0.1) is 0 Å². The van der Waals surface area contributed by atoms with Gasteiger partial charge in [0.1, 0.15) is 0 Å². The Hall–Kier alpha value is -1.53.